The number of carbonyl (C=O) groups excluding carboxylic acids is 3. The third-order valence-electron chi connectivity index (χ3n) is 4.37. The topological polar surface area (TPSA) is 86.3 Å². The highest BCUT2D eigenvalue weighted by molar-refractivity contribution is 6.30. The van der Waals surface area contributed by atoms with E-state index in [1.165, 1.54) is 6.07 Å². The van der Waals surface area contributed by atoms with Crippen LogP contribution in [0.2, 0.25) is 0 Å². The van der Waals surface area contributed by atoms with Crippen LogP contribution in [0.25, 0.3) is 0 Å². The fraction of sp³-hybridized carbons (Fsp3) is 0. The zero-order valence-electron chi connectivity index (χ0n) is 13.5. The molecule has 1 N–H and O–H groups in total. The van der Waals surface area contributed by atoms with Crippen molar-refractivity contribution in [3.05, 3.63) is 94.5 Å². The van der Waals surface area contributed by atoms with E-state index in [9.17, 15) is 19.5 Å². The predicted octanol–water partition coefficient (Wildman–Crippen LogP) is 2.57. The number of benzene rings is 3. The van der Waals surface area contributed by atoms with Crippen molar-refractivity contribution in [1.82, 2.24) is 0 Å². The molecule has 0 radical (unpaired) electrons. The van der Waals surface area contributed by atoms with Crippen LogP contribution >= 0.6 is 0 Å². The zero-order chi connectivity index (χ0) is 18.3. The van der Waals surface area contributed by atoms with Crippen LogP contribution in [0, 0.1) is 0 Å². The van der Waals surface area contributed by atoms with Gasteiger partial charge < -0.3 is 15.2 Å². The molecular weight excluding hydrogens is 330 g/mol. The molecule has 1 aliphatic carbocycles. The van der Waals surface area contributed by atoms with E-state index in [1.807, 2.05) is 0 Å². The van der Waals surface area contributed by atoms with Gasteiger partial charge in [-0.2, -0.15) is 0 Å². The first-order valence-corrected chi connectivity index (χ1v) is 7.97. The monoisotopic (exact) mass is 342 g/mol. The van der Waals surface area contributed by atoms with Gasteiger partial charge >= 0.3 is 0 Å². The number of anilines is 2. The fourth-order valence-corrected chi connectivity index (χ4v) is 3.16. The molecule has 0 heterocycles. The highest BCUT2D eigenvalue weighted by Crippen LogP contribution is 2.33. The molecule has 0 fully saturated rings. The summed E-state index contributed by atoms with van der Waals surface area (Å²) in [4.78, 5) is 37.0. The fourth-order valence-electron chi connectivity index (χ4n) is 3.16. The largest absolute Gasteiger partial charge is 0.545 e. The molecule has 0 unspecified atom stereocenters. The van der Waals surface area contributed by atoms with E-state index in [0.717, 1.165) is 0 Å². The maximum Gasteiger partial charge on any atom is 0.196 e. The molecule has 1 aliphatic rings. The Morgan fingerprint density at radius 3 is 2.00 bits per heavy atom. The van der Waals surface area contributed by atoms with Crippen molar-refractivity contribution in [2.24, 2.45) is 0 Å². The number of hydrogen-bond donors (Lipinski definition) is 1. The van der Waals surface area contributed by atoms with Gasteiger partial charge in [0.05, 0.1) is 17.2 Å². The van der Waals surface area contributed by atoms with Gasteiger partial charge in [-0.05, 0) is 12.1 Å². The second kappa shape index (κ2) is 5.97. The molecule has 0 aliphatic heterocycles. The van der Waals surface area contributed by atoms with Crippen LogP contribution in [0.1, 0.15) is 42.2 Å². The minimum absolute atomic E-state index is 0.0277. The summed E-state index contributed by atoms with van der Waals surface area (Å²) in [5.41, 5.74) is 1.89. The van der Waals surface area contributed by atoms with Gasteiger partial charge in [0.25, 0.3) is 0 Å². The number of aromatic carboxylic acids is 1. The average molecular weight is 342 g/mol. The Hall–Kier alpha value is -3.73. The van der Waals surface area contributed by atoms with E-state index in [2.05, 4.69) is 5.32 Å². The lowest BCUT2D eigenvalue weighted by Gasteiger charge is -2.21. The Bertz CT molecular complexity index is 1080. The molecule has 0 aromatic heterocycles. The van der Waals surface area contributed by atoms with Gasteiger partial charge in [-0.3, -0.25) is 9.59 Å². The number of rotatable bonds is 3. The molecule has 5 heteroatoms. The van der Waals surface area contributed by atoms with Gasteiger partial charge in [0.2, 0.25) is 0 Å². The second-order valence-electron chi connectivity index (χ2n) is 5.89. The quantitative estimate of drug-likeness (QED) is 0.618. The summed E-state index contributed by atoms with van der Waals surface area (Å²) in [5.74, 6) is -1.83. The molecule has 3 aromatic rings. The predicted molar refractivity (Wildman–Crippen MR) is 93.8 cm³/mol. The molecule has 0 amide bonds. The van der Waals surface area contributed by atoms with Gasteiger partial charge in [-0.15, -0.1) is 0 Å². The van der Waals surface area contributed by atoms with E-state index < -0.39 is 5.97 Å². The lowest BCUT2D eigenvalue weighted by molar-refractivity contribution is -0.254. The highest BCUT2D eigenvalue weighted by atomic mass is 16.4. The molecule has 0 saturated heterocycles. The number of carboxylic acid groups (broad SMARTS) is 1. The summed E-state index contributed by atoms with van der Waals surface area (Å²) in [7, 11) is 0. The van der Waals surface area contributed by atoms with Gasteiger partial charge in [-0.1, -0.05) is 54.6 Å². The Morgan fingerprint density at radius 1 is 0.692 bits per heavy atom. The second-order valence-corrected chi connectivity index (χ2v) is 5.89. The lowest BCUT2D eigenvalue weighted by atomic mass is 9.83. The number of carboxylic acids is 1. The van der Waals surface area contributed by atoms with E-state index in [-0.39, 0.29) is 22.7 Å². The van der Waals surface area contributed by atoms with Crippen LogP contribution in [0.3, 0.4) is 0 Å². The van der Waals surface area contributed by atoms with Gasteiger partial charge in [-0.25, -0.2) is 0 Å². The SMILES string of the molecule is O=C([O-])c1ccccc1Nc1cccc2c1C(=O)c1ccccc1C2=O. The van der Waals surface area contributed by atoms with Crippen LogP contribution in [0.15, 0.2) is 66.7 Å². The normalized spacial score (nSPS) is 12.3. The maximum absolute atomic E-state index is 13.0. The average Bonchev–Trinajstić information content (AvgIpc) is 2.66. The molecule has 0 saturated carbocycles. The molecule has 0 atom stereocenters. The third-order valence-corrected chi connectivity index (χ3v) is 4.37. The van der Waals surface area contributed by atoms with Gasteiger partial charge in [0.15, 0.2) is 11.6 Å². The molecule has 3 aromatic carbocycles. The van der Waals surface area contributed by atoms with Gasteiger partial charge in [0, 0.05) is 27.9 Å². The summed E-state index contributed by atoms with van der Waals surface area (Å²) < 4.78 is 0. The van der Waals surface area contributed by atoms with Crippen molar-refractivity contribution in [3.63, 3.8) is 0 Å². The molecule has 0 spiro atoms. The number of fused-ring (bicyclic) bond motifs is 2. The van der Waals surface area contributed by atoms with Crippen molar-refractivity contribution >= 4 is 28.9 Å². The van der Waals surface area contributed by atoms with E-state index in [1.54, 1.807) is 60.7 Å². The lowest BCUT2D eigenvalue weighted by Crippen LogP contribution is -2.24. The van der Waals surface area contributed by atoms with Crippen LogP contribution in [0.4, 0.5) is 11.4 Å². The third kappa shape index (κ3) is 2.38. The van der Waals surface area contributed by atoms with Crippen LogP contribution in [0.5, 0.6) is 0 Å². The number of nitrogens with one attached hydrogen (secondary N) is 1. The Morgan fingerprint density at radius 2 is 1.27 bits per heavy atom. The molecule has 5 nitrogen and oxygen atoms in total. The molecule has 126 valence electrons. The molecule has 0 bridgehead atoms. The Labute approximate surface area is 148 Å². The first-order chi connectivity index (χ1) is 12.6. The molecule has 4 rings (SSSR count). The van der Waals surface area contributed by atoms with Crippen molar-refractivity contribution in [1.29, 1.82) is 0 Å². The van der Waals surface area contributed by atoms with E-state index >= 15 is 0 Å². The smallest absolute Gasteiger partial charge is 0.196 e. The van der Waals surface area contributed by atoms with E-state index in [4.69, 9.17) is 0 Å². The summed E-state index contributed by atoms with van der Waals surface area (Å²) >= 11 is 0. The molecular formula is C21H12NO4-. The van der Waals surface area contributed by atoms with Crippen molar-refractivity contribution < 1.29 is 19.5 Å². The zero-order valence-corrected chi connectivity index (χ0v) is 13.5. The number of hydrogen-bond acceptors (Lipinski definition) is 5. The summed E-state index contributed by atoms with van der Waals surface area (Å²) in [6.07, 6.45) is 0. The Balaban J connectivity index is 1.86. The van der Waals surface area contributed by atoms with E-state index in [0.29, 0.717) is 28.1 Å². The number of para-hydroxylation sites is 1. The van der Waals surface area contributed by atoms with Crippen molar-refractivity contribution in [2.45, 2.75) is 0 Å². The summed E-state index contributed by atoms with van der Waals surface area (Å²) in [6, 6.07) is 17.8. The maximum atomic E-state index is 13.0. The van der Waals surface area contributed by atoms with Crippen LogP contribution in [-0.4, -0.2) is 17.5 Å². The summed E-state index contributed by atoms with van der Waals surface area (Å²) in [5, 5.41) is 14.3. The Kier molecular flexibility index (Phi) is 3.62. The van der Waals surface area contributed by atoms with Crippen molar-refractivity contribution in [2.75, 3.05) is 5.32 Å². The summed E-state index contributed by atoms with van der Waals surface area (Å²) in [6.45, 7) is 0. The van der Waals surface area contributed by atoms with Crippen molar-refractivity contribution in [3.8, 4) is 0 Å². The minimum atomic E-state index is -1.33. The number of ketones is 2. The standard InChI is InChI=1S/C21H13NO4/c23-19-12-6-1-2-7-13(12)20(24)18-15(19)9-5-11-17(18)22-16-10-4-3-8-14(16)21(25)26/h1-11,22H,(H,25,26)/p-1. The first-order valence-electron chi connectivity index (χ1n) is 7.97. The van der Waals surface area contributed by atoms with Crippen LogP contribution in [-0.2, 0) is 0 Å². The number of carbonyl (C=O) groups is 3. The van der Waals surface area contributed by atoms with Gasteiger partial charge in [0.1, 0.15) is 0 Å². The highest BCUT2D eigenvalue weighted by Gasteiger charge is 2.31. The minimum Gasteiger partial charge on any atom is -0.545 e. The van der Waals surface area contributed by atoms with Crippen LogP contribution < -0.4 is 10.4 Å². The molecule has 26 heavy (non-hydrogen) atoms. The first kappa shape index (κ1) is 15.8.